The maximum Gasteiger partial charge on any atom is 0.405 e. The van der Waals surface area contributed by atoms with E-state index >= 15 is 0 Å². The Kier molecular flexibility index (Phi) is 9.43. The van der Waals surface area contributed by atoms with Crippen LogP contribution in [0.2, 0.25) is 0 Å². The Balaban J connectivity index is 0.00000441. The van der Waals surface area contributed by atoms with Crippen molar-refractivity contribution in [2.45, 2.75) is 32.4 Å². The molecule has 0 aromatic rings. The molecule has 2 unspecified atom stereocenters. The van der Waals surface area contributed by atoms with Gasteiger partial charge in [0.15, 0.2) is 0 Å². The molecule has 0 aromatic heterocycles. The Hall–Kier alpha value is -1.02. The number of hydrogen-bond donors (Lipinski definition) is 3. The zero-order chi connectivity index (χ0) is 15.9. The number of rotatable bonds is 6. The average molecular weight is 346 g/mol. The first-order valence-corrected chi connectivity index (χ1v) is 7.09. The summed E-state index contributed by atoms with van der Waals surface area (Å²) in [5.74, 6) is -0.553. The fourth-order valence-corrected chi connectivity index (χ4v) is 2.34. The number of piperidine rings is 1. The van der Waals surface area contributed by atoms with E-state index in [1.165, 1.54) is 0 Å². The van der Waals surface area contributed by atoms with Gasteiger partial charge in [-0.3, -0.25) is 9.59 Å². The van der Waals surface area contributed by atoms with E-state index in [0.29, 0.717) is 5.92 Å². The monoisotopic (exact) mass is 345 g/mol. The van der Waals surface area contributed by atoms with Crippen molar-refractivity contribution in [1.82, 2.24) is 16.0 Å². The summed E-state index contributed by atoms with van der Waals surface area (Å²) in [6.45, 7) is 2.03. The Labute approximate surface area is 134 Å². The zero-order valence-corrected chi connectivity index (χ0v) is 13.3. The molecule has 1 aliphatic heterocycles. The number of carbonyl (C=O) groups excluding carboxylic acids is 2. The van der Waals surface area contributed by atoms with E-state index in [2.05, 4.69) is 10.6 Å². The van der Waals surface area contributed by atoms with Crippen LogP contribution in [0.5, 0.6) is 0 Å². The molecule has 2 amide bonds. The summed E-state index contributed by atoms with van der Waals surface area (Å²) in [6.07, 6.45) is -2.02. The van der Waals surface area contributed by atoms with Crippen LogP contribution < -0.4 is 16.0 Å². The van der Waals surface area contributed by atoms with Gasteiger partial charge < -0.3 is 16.0 Å². The Morgan fingerprint density at radius 2 is 1.95 bits per heavy atom. The normalized spacial score (nSPS) is 19.7. The number of alkyl halides is 3. The van der Waals surface area contributed by atoms with Gasteiger partial charge in [0, 0.05) is 6.42 Å². The molecule has 0 bridgehead atoms. The fourth-order valence-electron chi connectivity index (χ4n) is 2.34. The minimum Gasteiger partial charge on any atom is -0.347 e. The minimum atomic E-state index is -4.44. The van der Waals surface area contributed by atoms with Gasteiger partial charge in [-0.2, -0.15) is 13.2 Å². The third-order valence-corrected chi connectivity index (χ3v) is 3.58. The van der Waals surface area contributed by atoms with Crippen molar-refractivity contribution in [3.63, 3.8) is 0 Å². The maximum absolute atomic E-state index is 11.9. The molecule has 9 heteroatoms. The standard InChI is InChI=1S/C13H22F3N3O2.ClH/c1-9(10-3-2-4-17-6-10)5-11(20)18-7-12(21)19-8-13(14,15)16;/h9-10,17H,2-8H2,1H3,(H,18,20)(H,19,21);1H. The number of amides is 2. The Morgan fingerprint density at radius 3 is 2.50 bits per heavy atom. The van der Waals surface area contributed by atoms with Gasteiger partial charge >= 0.3 is 6.18 Å². The van der Waals surface area contributed by atoms with Gasteiger partial charge in [-0.15, -0.1) is 12.4 Å². The van der Waals surface area contributed by atoms with Crippen LogP contribution in [0, 0.1) is 11.8 Å². The smallest absolute Gasteiger partial charge is 0.347 e. The number of halogens is 4. The number of nitrogens with one attached hydrogen (secondary N) is 3. The molecule has 0 aromatic carbocycles. The fraction of sp³-hybridized carbons (Fsp3) is 0.846. The number of carbonyl (C=O) groups is 2. The molecule has 130 valence electrons. The second-order valence-electron chi connectivity index (χ2n) is 5.46. The van der Waals surface area contributed by atoms with E-state index in [4.69, 9.17) is 0 Å². The molecule has 1 aliphatic rings. The molecular formula is C13H23ClF3N3O2. The van der Waals surface area contributed by atoms with Crippen LogP contribution in [0.15, 0.2) is 0 Å². The predicted molar refractivity (Wildman–Crippen MR) is 78.7 cm³/mol. The maximum atomic E-state index is 11.9. The van der Waals surface area contributed by atoms with E-state index in [-0.39, 0.29) is 30.7 Å². The SMILES string of the molecule is CC(CC(=O)NCC(=O)NCC(F)(F)F)C1CCCNC1.Cl. The van der Waals surface area contributed by atoms with Crippen LogP contribution in [0.1, 0.15) is 26.2 Å². The summed E-state index contributed by atoms with van der Waals surface area (Å²) in [5, 5.41) is 7.32. The van der Waals surface area contributed by atoms with Crippen molar-refractivity contribution in [3.8, 4) is 0 Å². The van der Waals surface area contributed by atoms with Crippen molar-refractivity contribution in [3.05, 3.63) is 0 Å². The molecule has 0 spiro atoms. The van der Waals surface area contributed by atoms with Gasteiger partial charge in [0.1, 0.15) is 6.54 Å². The molecule has 0 aliphatic carbocycles. The molecule has 1 fully saturated rings. The largest absolute Gasteiger partial charge is 0.405 e. The molecule has 22 heavy (non-hydrogen) atoms. The van der Waals surface area contributed by atoms with Gasteiger partial charge in [-0.05, 0) is 37.8 Å². The lowest BCUT2D eigenvalue weighted by atomic mass is 9.85. The van der Waals surface area contributed by atoms with Gasteiger partial charge in [0.25, 0.3) is 0 Å². The average Bonchev–Trinajstić information content (AvgIpc) is 2.43. The molecule has 1 heterocycles. The molecule has 5 nitrogen and oxygen atoms in total. The predicted octanol–water partition coefficient (Wildman–Crippen LogP) is 1.23. The molecule has 2 atom stereocenters. The first kappa shape index (κ1) is 21.0. The third kappa shape index (κ3) is 9.09. The van der Waals surface area contributed by atoms with Crippen molar-refractivity contribution in [2.75, 3.05) is 26.2 Å². The Bertz CT molecular complexity index is 361. The van der Waals surface area contributed by atoms with E-state index in [0.717, 1.165) is 25.9 Å². The van der Waals surface area contributed by atoms with Crippen LogP contribution in [-0.2, 0) is 9.59 Å². The van der Waals surface area contributed by atoms with Crippen LogP contribution in [0.25, 0.3) is 0 Å². The molecule has 3 N–H and O–H groups in total. The van der Waals surface area contributed by atoms with E-state index in [1.54, 1.807) is 5.32 Å². The summed E-state index contributed by atoms with van der Waals surface area (Å²) in [4.78, 5) is 22.8. The summed E-state index contributed by atoms with van der Waals surface area (Å²) >= 11 is 0. The van der Waals surface area contributed by atoms with E-state index in [1.807, 2.05) is 6.92 Å². The highest BCUT2D eigenvalue weighted by Crippen LogP contribution is 2.22. The molecule has 1 rings (SSSR count). The zero-order valence-electron chi connectivity index (χ0n) is 12.5. The lowest BCUT2D eigenvalue weighted by Gasteiger charge is -2.27. The van der Waals surface area contributed by atoms with Crippen LogP contribution in [0.4, 0.5) is 13.2 Å². The van der Waals surface area contributed by atoms with Crippen molar-refractivity contribution in [2.24, 2.45) is 11.8 Å². The van der Waals surface area contributed by atoms with Gasteiger partial charge in [-0.1, -0.05) is 6.92 Å². The van der Waals surface area contributed by atoms with E-state index in [9.17, 15) is 22.8 Å². The highest BCUT2D eigenvalue weighted by Gasteiger charge is 2.27. The van der Waals surface area contributed by atoms with Crippen LogP contribution in [-0.4, -0.2) is 44.2 Å². The lowest BCUT2D eigenvalue weighted by Crippen LogP contribution is -2.41. The second-order valence-corrected chi connectivity index (χ2v) is 5.46. The summed E-state index contributed by atoms with van der Waals surface area (Å²) in [7, 11) is 0. The molecular weight excluding hydrogens is 323 g/mol. The van der Waals surface area contributed by atoms with Crippen LogP contribution >= 0.6 is 12.4 Å². The highest BCUT2D eigenvalue weighted by molar-refractivity contribution is 5.85. The first-order valence-electron chi connectivity index (χ1n) is 7.09. The highest BCUT2D eigenvalue weighted by atomic mass is 35.5. The van der Waals surface area contributed by atoms with Gasteiger partial charge in [0.05, 0.1) is 6.54 Å². The first-order chi connectivity index (χ1) is 9.78. The number of hydrogen-bond acceptors (Lipinski definition) is 3. The van der Waals surface area contributed by atoms with Crippen molar-refractivity contribution < 1.29 is 22.8 Å². The second kappa shape index (κ2) is 9.89. The van der Waals surface area contributed by atoms with Crippen molar-refractivity contribution in [1.29, 1.82) is 0 Å². The molecule has 1 saturated heterocycles. The lowest BCUT2D eigenvalue weighted by molar-refractivity contribution is -0.138. The summed E-state index contributed by atoms with van der Waals surface area (Å²) in [6, 6.07) is 0. The van der Waals surface area contributed by atoms with Crippen LogP contribution in [0.3, 0.4) is 0 Å². The quantitative estimate of drug-likeness (QED) is 0.678. The molecule has 0 saturated carbocycles. The summed E-state index contributed by atoms with van der Waals surface area (Å²) < 4.78 is 35.7. The van der Waals surface area contributed by atoms with Gasteiger partial charge in [0.2, 0.25) is 11.8 Å². The topological polar surface area (TPSA) is 70.2 Å². The minimum absolute atomic E-state index is 0. The Morgan fingerprint density at radius 1 is 1.27 bits per heavy atom. The van der Waals surface area contributed by atoms with E-state index < -0.39 is 25.2 Å². The van der Waals surface area contributed by atoms with Gasteiger partial charge in [-0.25, -0.2) is 0 Å². The van der Waals surface area contributed by atoms with Crippen molar-refractivity contribution >= 4 is 24.2 Å². The third-order valence-electron chi connectivity index (χ3n) is 3.58. The molecule has 0 radical (unpaired) electrons. The summed E-state index contributed by atoms with van der Waals surface area (Å²) in [5.41, 5.74) is 0.